The summed E-state index contributed by atoms with van der Waals surface area (Å²) in [5.74, 6) is 1.50. The molecule has 0 aromatic carbocycles. The summed E-state index contributed by atoms with van der Waals surface area (Å²) in [5.41, 5.74) is 1.83. The maximum Gasteiger partial charge on any atom is 0.339 e. The van der Waals surface area contributed by atoms with Crippen molar-refractivity contribution >= 4 is 5.97 Å². The van der Waals surface area contributed by atoms with Crippen LogP contribution in [-0.2, 0) is 5.41 Å². The van der Waals surface area contributed by atoms with Crippen LogP contribution in [-0.4, -0.2) is 21.0 Å². The first kappa shape index (κ1) is 12.3. The molecule has 1 aromatic heterocycles. The Bertz CT molecular complexity index is 547. The van der Waals surface area contributed by atoms with E-state index in [2.05, 4.69) is 9.97 Å². The molecule has 4 nitrogen and oxygen atoms in total. The Morgan fingerprint density at radius 3 is 2.20 bits per heavy atom. The zero-order chi connectivity index (χ0) is 13.9. The van der Waals surface area contributed by atoms with E-state index >= 15 is 0 Å². The first-order valence-corrected chi connectivity index (χ1v) is 7.63. The molecule has 0 spiro atoms. The number of aryl methyl sites for hydroxylation is 1. The fourth-order valence-corrected chi connectivity index (χ4v) is 5.53. The van der Waals surface area contributed by atoms with E-state index in [4.69, 9.17) is 0 Å². The second-order valence-electron chi connectivity index (χ2n) is 7.19. The van der Waals surface area contributed by atoms with Gasteiger partial charge in [0.1, 0.15) is 11.9 Å². The largest absolute Gasteiger partial charge is 0.478 e. The maximum absolute atomic E-state index is 11.7. The average molecular weight is 272 g/mol. The van der Waals surface area contributed by atoms with Gasteiger partial charge in [-0.25, -0.2) is 14.8 Å². The first-order valence-electron chi connectivity index (χ1n) is 7.63. The van der Waals surface area contributed by atoms with Crippen LogP contribution in [0.5, 0.6) is 0 Å². The van der Waals surface area contributed by atoms with Gasteiger partial charge in [0, 0.05) is 5.41 Å². The van der Waals surface area contributed by atoms with E-state index in [0.29, 0.717) is 11.3 Å². The molecule has 106 valence electrons. The summed E-state index contributed by atoms with van der Waals surface area (Å²) >= 11 is 0. The van der Waals surface area contributed by atoms with Gasteiger partial charge in [0.25, 0.3) is 0 Å². The summed E-state index contributed by atoms with van der Waals surface area (Å²) in [7, 11) is 0. The summed E-state index contributed by atoms with van der Waals surface area (Å²) in [6.45, 7) is 1.79. The van der Waals surface area contributed by atoms with Gasteiger partial charge >= 0.3 is 5.97 Å². The fourth-order valence-electron chi connectivity index (χ4n) is 5.53. The van der Waals surface area contributed by atoms with Crippen molar-refractivity contribution < 1.29 is 9.90 Å². The van der Waals surface area contributed by atoms with Crippen molar-refractivity contribution in [1.29, 1.82) is 0 Å². The van der Waals surface area contributed by atoms with Gasteiger partial charge in [-0.2, -0.15) is 0 Å². The summed E-state index contributed by atoms with van der Waals surface area (Å²) in [6.07, 6.45) is 9.01. The Hall–Kier alpha value is -1.45. The van der Waals surface area contributed by atoms with Gasteiger partial charge in [0.05, 0.1) is 11.4 Å². The summed E-state index contributed by atoms with van der Waals surface area (Å²) < 4.78 is 0. The number of nitrogens with zero attached hydrogens (tertiary/aromatic N) is 2. The lowest BCUT2D eigenvalue weighted by molar-refractivity contribution is -0.00799. The number of rotatable bonds is 2. The molecular formula is C16H20N2O2. The van der Waals surface area contributed by atoms with E-state index < -0.39 is 5.97 Å². The SMILES string of the molecule is Cc1ncnc(C23CC4CC(CC(C4)C2)C3)c1C(=O)O. The molecule has 1 heterocycles. The summed E-state index contributed by atoms with van der Waals surface area (Å²) in [5, 5.41) is 9.57. The summed E-state index contributed by atoms with van der Waals surface area (Å²) in [4.78, 5) is 20.2. The fraction of sp³-hybridized carbons (Fsp3) is 0.688. The van der Waals surface area contributed by atoms with E-state index in [-0.39, 0.29) is 5.41 Å². The molecular weight excluding hydrogens is 252 g/mol. The van der Waals surface area contributed by atoms with Crippen molar-refractivity contribution in [3.63, 3.8) is 0 Å². The average Bonchev–Trinajstić information content (AvgIpc) is 2.36. The molecule has 4 heteroatoms. The first-order chi connectivity index (χ1) is 9.57. The van der Waals surface area contributed by atoms with Crippen LogP contribution in [0.2, 0.25) is 0 Å². The quantitative estimate of drug-likeness (QED) is 0.899. The molecule has 0 aliphatic heterocycles. The minimum atomic E-state index is -0.867. The van der Waals surface area contributed by atoms with Crippen LogP contribution in [0.3, 0.4) is 0 Å². The third-order valence-corrected chi connectivity index (χ3v) is 5.79. The van der Waals surface area contributed by atoms with Crippen molar-refractivity contribution in [2.45, 2.75) is 50.9 Å². The molecule has 20 heavy (non-hydrogen) atoms. The van der Waals surface area contributed by atoms with Crippen LogP contribution in [0.1, 0.15) is 60.3 Å². The second-order valence-corrected chi connectivity index (χ2v) is 7.19. The van der Waals surface area contributed by atoms with Gasteiger partial charge in [-0.05, 0) is 63.2 Å². The van der Waals surface area contributed by atoms with Gasteiger partial charge in [-0.1, -0.05) is 0 Å². The van der Waals surface area contributed by atoms with E-state index in [1.54, 1.807) is 13.3 Å². The minimum absolute atomic E-state index is 0.0240. The molecule has 4 aliphatic carbocycles. The van der Waals surface area contributed by atoms with Gasteiger partial charge in [-0.15, -0.1) is 0 Å². The lowest BCUT2D eigenvalue weighted by Gasteiger charge is -2.56. The third-order valence-electron chi connectivity index (χ3n) is 5.79. The van der Waals surface area contributed by atoms with Gasteiger partial charge in [-0.3, -0.25) is 0 Å². The molecule has 0 unspecified atom stereocenters. The van der Waals surface area contributed by atoms with Crippen LogP contribution in [0.4, 0.5) is 0 Å². The number of hydrogen-bond donors (Lipinski definition) is 1. The lowest BCUT2D eigenvalue weighted by Crippen LogP contribution is -2.49. The van der Waals surface area contributed by atoms with E-state index in [0.717, 1.165) is 42.7 Å². The van der Waals surface area contributed by atoms with Gasteiger partial charge < -0.3 is 5.11 Å². The Kier molecular flexibility index (Phi) is 2.48. The highest BCUT2D eigenvalue weighted by atomic mass is 16.4. The van der Waals surface area contributed by atoms with E-state index in [1.165, 1.54) is 19.3 Å². The monoisotopic (exact) mass is 272 g/mol. The van der Waals surface area contributed by atoms with Crippen molar-refractivity contribution in [3.8, 4) is 0 Å². The van der Waals surface area contributed by atoms with Crippen LogP contribution in [0.25, 0.3) is 0 Å². The van der Waals surface area contributed by atoms with Crippen LogP contribution < -0.4 is 0 Å². The van der Waals surface area contributed by atoms with Crippen LogP contribution >= 0.6 is 0 Å². The maximum atomic E-state index is 11.7. The molecule has 4 bridgehead atoms. The number of carboxylic acids is 1. The normalized spacial score (nSPS) is 38.1. The molecule has 0 atom stereocenters. The highest BCUT2D eigenvalue weighted by Gasteiger charge is 2.53. The Balaban J connectivity index is 1.85. The number of aromatic carboxylic acids is 1. The molecule has 0 saturated heterocycles. The topological polar surface area (TPSA) is 63.1 Å². The van der Waals surface area contributed by atoms with Crippen LogP contribution in [0, 0.1) is 24.7 Å². The highest BCUT2D eigenvalue weighted by molar-refractivity contribution is 5.90. The zero-order valence-corrected chi connectivity index (χ0v) is 11.8. The smallest absolute Gasteiger partial charge is 0.339 e. The van der Waals surface area contributed by atoms with Crippen molar-refractivity contribution in [2.75, 3.05) is 0 Å². The number of carbonyl (C=O) groups is 1. The predicted octanol–water partition coefficient (Wildman–Crippen LogP) is 2.95. The van der Waals surface area contributed by atoms with Crippen molar-refractivity contribution in [3.05, 3.63) is 23.3 Å². The summed E-state index contributed by atoms with van der Waals surface area (Å²) in [6, 6.07) is 0. The number of aromatic nitrogens is 2. The molecule has 1 N–H and O–H groups in total. The predicted molar refractivity (Wildman–Crippen MR) is 73.6 cm³/mol. The van der Waals surface area contributed by atoms with Crippen molar-refractivity contribution in [2.24, 2.45) is 17.8 Å². The molecule has 4 fully saturated rings. The van der Waals surface area contributed by atoms with E-state index in [9.17, 15) is 9.90 Å². The van der Waals surface area contributed by atoms with Crippen molar-refractivity contribution in [1.82, 2.24) is 9.97 Å². The number of carboxylic acid groups (broad SMARTS) is 1. The Morgan fingerprint density at radius 1 is 1.15 bits per heavy atom. The minimum Gasteiger partial charge on any atom is -0.478 e. The second kappa shape index (κ2) is 4.03. The molecule has 0 amide bonds. The molecule has 5 rings (SSSR count). The standard InChI is InChI=1S/C16H20N2O2/c1-9-13(15(19)20)14(18-8-17-9)16-5-10-2-11(6-16)4-12(3-10)7-16/h8,10-12H,2-7H2,1H3,(H,19,20). The highest BCUT2D eigenvalue weighted by Crippen LogP contribution is 2.60. The zero-order valence-electron chi connectivity index (χ0n) is 11.8. The third kappa shape index (κ3) is 1.63. The lowest BCUT2D eigenvalue weighted by atomic mass is 9.48. The van der Waals surface area contributed by atoms with Gasteiger partial charge in [0.15, 0.2) is 0 Å². The molecule has 0 radical (unpaired) electrons. The molecule has 4 aliphatic rings. The Labute approximate surface area is 118 Å². The van der Waals surface area contributed by atoms with E-state index in [1.807, 2.05) is 0 Å². The Morgan fingerprint density at radius 2 is 1.70 bits per heavy atom. The van der Waals surface area contributed by atoms with Crippen LogP contribution in [0.15, 0.2) is 6.33 Å². The molecule has 4 saturated carbocycles. The number of hydrogen-bond acceptors (Lipinski definition) is 3. The molecule has 1 aromatic rings. The van der Waals surface area contributed by atoms with Gasteiger partial charge in [0.2, 0.25) is 0 Å².